The van der Waals surface area contributed by atoms with Crippen molar-refractivity contribution in [1.82, 2.24) is 0 Å². The molecule has 0 spiro atoms. The van der Waals surface area contributed by atoms with E-state index in [4.69, 9.17) is 33.2 Å². The zero-order valence-electron chi connectivity index (χ0n) is 29.1. The van der Waals surface area contributed by atoms with Crippen molar-refractivity contribution in [3.63, 3.8) is 0 Å². The lowest BCUT2D eigenvalue weighted by molar-refractivity contribution is -0.154. The largest absolute Gasteiger partial charge is 0.465 e. The lowest BCUT2D eigenvalue weighted by Gasteiger charge is -2.52. The third kappa shape index (κ3) is 7.98. The molecule has 1 aromatic rings. The number of esters is 7. The fourth-order valence-corrected chi connectivity index (χ4v) is 6.65. The number of rotatable bonds is 10. The van der Waals surface area contributed by atoms with Gasteiger partial charge >= 0.3 is 41.8 Å². The number of ether oxygens (including phenoxy) is 7. The summed E-state index contributed by atoms with van der Waals surface area (Å²) in [7, 11) is 0. The van der Waals surface area contributed by atoms with Crippen LogP contribution in [0.2, 0.25) is 0 Å². The fourth-order valence-electron chi connectivity index (χ4n) is 6.65. The Labute approximate surface area is 282 Å². The summed E-state index contributed by atoms with van der Waals surface area (Å²) in [6.07, 6.45) is -0.518. The smallest absolute Gasteiger partial charge is 0.308 e. The second-order valence-corrected chi connectivity index (χ2v) is 12.6. The summed E-state index contributed by atoms with van der Waals surface area (Å²) >= 11 is 0. The monoisotopic (exact) mass is 688 g/mol. The van der Waals surface area contributed by atoms with Crippen LogP contribution in [0.5, 0.6) is 17.2 Å². The van der Waals surface area contributed by atoms with E-state index in [1.807, 2.05) is 0 Å². The fraction of sp³-hybridized carbons (Fsp3) is 0.529. The average molecular weight is 689 g/mol. The van der Waals surface area contributed by atoms with Gasteiger partial charge in [-0.3, -0.25) is 38.4 Å². The summed E-state index contributed by atoms with van der Waals surface area (Å²) in [5.41, 5.74) is -3.13. The molecule has 49 heavy (non-hydrogen) atoms. The Morgan fingerprint density at radius 3 is 1.57 bits per heavy atom. The van der Waals surface area contributed by atoms with Crippen molar-refractivity contribution in [3.8, 4) is 17.2 Å². The summed E-state index contributed by atoms with van der Waals surface area (Å²) < 4.78 is 38.8. The highest BCUT2D eigenvalue weighted by Crippen LogP contribution is 2.63. The van der Waals surface area contributed by atoms with Gasteiger partial charge in [-0.15, -0.1) is 0 Å². The minimum atomic E-state index is -1.40. The first-order chi connectivity index (χ1) is 22.6. The van der Waals surface area contributed by atoms with Crippen molar-refractivity contribution in [2.45, 2.75) is 99.5 Å². The van der Waals surface area contributed by atoms with Crippen LogP contribution >= 0.6 is 0 Å². The highest BCUT2D eigenvalue weighted by molar-refractivity contribution is 6.15. The van der Waals surface area contributed by atoms with Crippen molar-refractivity contribution < 1.29 is 71.5 Å². The third-order valence-electron chi connectivity index (χ3n) is 8.19. The SMILES string of the molecule is CC(=O)OCC(COC(C)=O)c1c(OC(C)=O)c(OC(C)=O)c2c(c1OC(C)=O)C(=O)C(OC(C)=O)=C1C2(C)CCC(OC(C)=O)C1(C)C. The predicted octanol–water partition coefficient (Wildman–Crippen LogP) is 3.70. The van der Waals surface area contributed by atoms with Gasteiger partial charge in [0.1, 0.15) is 25.1 Å². The van der Waals surface area contributed by atoms with Crippen molar-refractivity contribution in [1.29, 1.82) is 0 Å². The Bertz CT molecular complexity index is 1650. The van der Waals surface area contributed by atoms with Gasteiger partial charge in [-0.25, -0.2) is 0 Å². The number of Topliss-reactive ketones (excluding diaryl/α,β-unsaturated/α-hetero) is 1. The molecule has 0 heterocycles. The molecule has 15 heteroatoms. The van der Waals surface area contributed by atoms with Crippen LogP contribution in [0, 0.1) is 5.41 Å². The van der Waals surface area contributed by atoms with Crippen molar-refractivity contribution in [2.24, 2.45) is 5.41 Å². The zero-order valence-corrected chi connectivity index (χ0v) is 29.1. The molecule has 1 fully saturated rings. The van der Waals surface area contributed by atoms with Gasteiger partial charge in [0.25, 0.3) is 0 Å². The van der Waals surface area contributed by atoms with Crippen LogP contribution in [0.4, 0.5) is 0 Å². The second kappa shape index (κ2) is 14.6. The van der Waals surface area contributed by atoms with Crippen LogP contribution in [-0.2, 0) is 57.9 Å². The predicted molar refractivity (Wildman–Crippen MR) is 165 cm³/mol. The molecule has 15 nitrogen and oxygen atoms in total. The maximum absolute atomic E-state index is 14.8. The Morgan fingerprint density at radius 1 is 0.653 bits per heavy atom. The standard InChI is InChI=1S/C34H40O15/c1-15(35)43-13-22(14-44-16(2)36)24-28(46-18(4)38)25-26(30(48-20(6)40)29(24)47-19(5)39)34(10)12-11-23(45-17(3)37)33(8,9)32(34)31(27(25)42)49-21(7)41/h22-23H,11-14H2,1-10H3. The van der Waals surface area contributed by atoms with E-state index >= 15 is 0 Å². The molecule has 2 aliphatic rings. The Morgan fingerprint density at radius 2 is 1.12 bits per heavy atom. The van der Waals surface area contributed by atoms with Gasteiger partial charge in [0, 0.05) is 64.9 Å². The van der Waals surface area contributed by atoms with Crippen LogP contribution in [0.3, 0.4) is 0 Å². The number of benzene rings is 1. The first-order valence-corrected chi connectivity index (χ1v) is 15.3. The van der Waals surface area contributed by atoms with Gasteiger partial charge in [0.05, 0.1) is 17.0 Å². The van der Waals surface area contributed by atoms with E-state index in [-0.39, 0.29) is 29.5 Å². The van der Waals surface area contributed by atoms with Crippen LogP contribution < -0.4 is 14.2 Å². The molecule has 0 aromatic heterocycles. The van der Waals surface area contributed by atoms with E-state index in [9.17, 15) is 38.4 Å². The highest BCUT2D eigenvalue weighted by atomic mass is 16.6. The molecule has 0 bridgehead atoms. The Kier molecular flexibility index (Phi) is 11.4. The van der Waals surface area contributed by atoms with Crippen molar-refractivity contribution in [3.05, 3.63) is 28.0 Å². The molecule has 0 aliphatic heterocycles. The number of carbonyl (C=O) groups excluding carboxylic acids is 8. The van der Waals surface area contributed by atoms with E-state index in [1.165, 1.54) is 6.92 Å². The van der Waals surface area contributed by atoms with E-state index in [2.05, 4.69) is 0 Å². The van der Waals surface area contributed by atoms with Gasteiger partial charge in [0.2, 0.25) is 5.78 Å². The van der Waals surface area contributed by atoms with Crippen LogP contribution in [0.25, 0.3) is 0 Å². The second-order valence-electron chi connectivity index (χ2n) is 12.6. The Hall–Kier alpha value is -5.08. The lowest BCUT2D eigenvalue weighted by atomic mass is 9.53. The molecule has 2 atom stereocenters. The van der Waals surface area contributed by atoms with Gasteiger partial charge in [-0.2, -0.15) is 0 Å². The van der Waals surface area contributed by atoms with Crippen molar-refractivity contribution >= 4 is 47.6 Å². The molecule has 3 rings (SSSR count). The molecule has 0 radical (unpaired) electrons. The van der Waals surface area contributed by atoms with Crippen molar-refractivity contribution in [2.75, 3.05) is 13.2 Å². The number of allylic oxidation sites excluding steroid dienone is 1. The summed E-state index contributed by atoms with van der Waals surface area (Å²) in [4.78, 5) is 101. The molecule has 2 aliphatic carbocycles. The number of carbonyl (C=O) groups is 8. The Balaban J connectivity index is 2.69. The molecule has 0 amide bonds. The van der Waals surface area contributed by atoms with Crippen LogP contribution in [0.1, 0.15) is 109 Å². The van der Waals surface area contributed by atoms with E-state index < -0.39 is 112 Å². The maximum Gasteiger partial charge on any atom is 0.308 e. The normalized spacial score (nSPS) is 19.2. The molecular formula is C34H40O15. The van der Waals surface area contributed by atoms with Crippen LogP contribution in [0.15, 0.2) is 11.3 Å². The van der Waals surface area contributed by atoms with E-state index in [0.717, 1.165) is 41.5 Å². The summed E-state index contributed by atoms with van der Waals surface area (Å²) in [5, 5.41) is 0. The summed E-state index contributed by atoms with van der Waals surface area (Å²) in [6, 6.07) is 0. The van der Waals surface area contributed by atoms with Gasteiger partial charge in [0.15, 0.2) is 17.3 Å². The van der Waals surface area contributed by atoms with Gasteiger partial charge in [-0.05, 0) is 18.4 Å². The number of fused-ring (bicyclic) bond motifs is 3. The molecule has 266 valence electrons. The molecule has 0 N–H and O–H groups in total. The average Bonchev–Trinajstić information content (AvgIpc) is 2.93. The number of ketones is 1. The molecular weight excluding hydrogens is 648 g/mol. The molecule has 1 aromatic carbocycles. The van der Waals surface area contributed by atoms with Crippen LogP contribution in [-0.4, -0.2) is 66.9 Å². The minimum absolute atomic E-state index is 0.0528. The summed E-state index contributed by atoms with van der Waals surface area (Å²) in [6.45, 7) is 11.6. The number of hydrogen-bond donors (Lipinski definition) is 0. The quantitative estimate of drug-likeness (QED) is 0.195. The van der Waals surface area contributed by atoms with Gasteiger partial charge < -0.3 is 33.2 Å². The zero-order chi connectivity index (χ0) is 37.2. The topological polar surface area (TPSA) is 201 Å². The molecule has 1 saturated carbocycles. The van der Waals surface area contributed by atoms with Gasteiger partial charge in [-0.1, -0.05) is 20.8 Å². The molecule has 2 unspecified atom stereocenters. The minimum Gasteiger partial charge on any atom is -0.465 e. The molecule has 0 saturated heterocycles. The summed E-state index contributed by atoms with van der Waals surface area (Å²) in [5.74, 6) is -9.89. The first-order valence-electron chi connectivity index (χ1n) is 15.3. The highest BCUT2D eigenvalue weighted by Gasteiger charge is 2.59. The first kappa shape index (κ1) is 38.4. The van der Waals surface area contributed by atoms with E-state index in [1.54, 1.807) is 20.8 Å². The van der Waals surface area contributed by atoms with E-state index in [0.29, 0.717) is 0 Å². The number of hydrogen-bond acceptors (Lipinski definition) is 15. The third-order valence-corrected chi connectivity index (χ3v) is 8.19. The lowest BCUT2D eigenvalue weighted by Crippen LogP contribution is -2.51. The maximum atomic E-state index is 14.8.